The first-order chi connectivity index (χ1) is 17.0. The first kappa shape index (κ1) is 24.9. The number of carbonyl (C=O) groups excluding carboxylic acids is 2. The van der Waals surface area contributed by atoms with Crippen LogP contribution in [0, 0.1) is 6.92 Å². The molecular formula is C28H34N2O5. The number of amides is 1. The quantitative estimate of drug-likeness (QED) is 0.255. The number of ketones is 1. The minimum Gasteiger partial charge on any atom is -0.507 e. The summed E-state index contributed by atoms with van der Waals surface area (Å²) in [4.78, 5) is 30.3. The second-order valence-electron chi connectivity index (χ2n) is 9.09. The van der Waals surface area contributed by atoms with E-state index in [1.54, 1.807) is 23.1 Å². The Kier molecular flexibility index (Phi) is 8.21. The molecule has 7 heteroatoms. The van der Waals surface area contributed by atoms with E-state index in [0.717, 1.165) is 37.1 Å². The number of likely N-dealkylation sites (tertiary alicyclic amines) is 1. The van der Waals surface area contributed by atoms with Gasteiger partial charge in [-0.05, 0) is 31.0 Å². The van der Waals surface area contributed by atoms with Crippen molar-refractivity contribution >= 4 is 17.4 Å². The van der Waals surface area contributed by atoms with Crippen LogP contribution in [0.2, 0.25) is 0 Å². The van der Waals surface area contributed by atoms with Crippen molar-refractivity contribution < 1.29 is 24.2 Å². The largest absolute Gasteiger partial charge is 0.507 e. The number of nitrogens with zero attached hydrogens (tertiary/aromatic N) is 2. The van der Waals surface area contributed by atoms with Gasteiger partial charge in [-0.3, -0.25) is 14.5 Å². The molecular weight excluding hydrogens is 444 g/mol. The second kappa shape index (κ2) is 11.5. The van der Waals surface area contributed by atoms with Gasteiger partial charge in [0.05, 0.1) is 31.4 Å². The van der Waals surface area contributed by atoms with Gasteiger partial charge in [-0.2, -0.15) is 0 Å². The first-order valence-electron chi connectivity index (χ1n) is 12.4. The van der Waals surface area contributed by atoms with Crippen molar-refractivity contribution in [2.24, 2.45) is 0 Å². The maximum atomic E-state index is 13.3. The highest BCUT2D eigenvalue weighted by Gasteiger charge is 2.46. The number of Topliss-reactive ketones (excluding diaryl/α,β-unsaturated/α-hetero) is 1. The van der Waals surface area contributed by atoms with Crippen LogP contribution >= 0.6 is 0 Å². The van der Waals surface area contributed by atoms with E-state index >= 15 is 0 Å². The third kappa shape index (κ3) is 5.74. The average molecular weight is 479 g/mol. The summed E-state index contributed by atoms with van der Waals surface area (Å²) in [5.74, 6) is -0.798. The maximum Gasteiger partial charge on any atom is 0.295 e. The van der Waals surface area contributed by atoms with E-state index < -0.39 is 17.7 Å². The molecule has 2 saturated heterocycles. The van der Waals surface area contributed by atoms with Gasteiger partial charge in [-0.25, -0.2) is 0 Å². The number of unbranched alkanes of at least 4 members (excludes halogenated alkanes) is 1. The molecule has 0 aliphatic carbocycles. The van der Waals surface area contributed by atoms with E-state index in [2.05, 4.69) is 11.8 Å². The molecule has 0 spiro atoms. The molecule has 2 fully saturated rings. The van der Waals surface area contributed by atoms with E-state index in [4.69, 9.17) is 9.47 Å². The Bertz CT molecular complexity index is 1070. The standard InChI is InChI=1S/C28H34N2O5/c1-3-4-16-35-23-7-5-6-22(19-23)26(31)24-25(21-10-8-20(2)9-11-21)30(28(33)27(24)32)13-12-29-14-17-34-18-15-29/h5-11,19,25,31H,3-4,12-18H2,1-2H3. The molecule has 4 rings (SSSR count). The van der Waals surface area contributed by atoms with Crippen LogP contribution in [0.25, 0.3) is 5.76 Å². The molecule has 1 N–H and O–H groups in total. The minimum atomic E-state index is -0.660. The van der Waals surface area contributed by atoms with E-state index in [1.807, 2.05) is 37.3 Å². The lowest BCUT2D eigenvalue weighted by molar-refractivity contribution is -0.140. The van der Waals surface area contributed by atoms with Crippen molar-refractivity contribution in [3.63, 3.8) is 0 Å². The van der Waals surface area contributed by atoms with Gasteiger partial charge in [-0.15, -0.1) is 0 Å². The third-order valence-corrected chi connectivity index (χ3v) is 6.57. The van der Waals surface area contributed by atoms with Gasteiger partial charge in [0.2, 0.25) is 0 Å². The highest BCUT2D eigenvalue weighted by Crippen LogP contribution is 2.39. The van der Waals surface area contributed by atoms with Gasteiger partial charge in [0.15, 0.2) is 0 Å². The van der Waals surface area contributed by atoms with Gasteiger partial charge in [0, 0.05) is 31.7 Å². The van der Waals surface area contributed by atoms with Crippen LogP contribution in [-0.2, 0) is 14.3 Å². The summed E-state index contributed by atoms with van der Waals surface area (Å²) in [6.07, 6.45) is 1.95. The third-order valence-electron chi connectivity index (χ3n) is 6.57. The summed E-state index contributed by atoms with van der Waals surface area (Å²) in [5.41, 5.74) is 2.46. The van der Waals surface area contributed by atoms with Crippen molar-refractivity contribution in [3.8, 4) is 5.75 Å². The molecule has 1 amide bonds. The zero-order valence-corrected chi connectivity index (χ0v) is 20.5. The topological polar surface area (TPSA) is 79.3 Å². The molecule has 2 aromatic carbocycles. The van der Waals surface area contributed by atoms with E-state index in [9.17, 15) is 14.7 Å². The molecule has 0 radical (unpaired) electrons. The highest BCUT2D eigenvalue weighted by atomic mass is 16.5. The summed E-state index contributed by atoms with van der Waals surface area (Å²) < 4.78 is 11.2. The molecule has 35 heavy (non-hydrogen) atoms. The minimum absolute atomic E-state index is 0.117. The van der Waals surface area contributed by atoms with Gasteiger partial charge >= 0.3 is 0 Å². The molecule has 0 saturated carbocycles. The van der Waals surface area contributed by atoms with E-state index in [1.165, 1.54) is 0 Å². The fourth-order valence-corrected chi connectivity index (χ4v) is 4.50. The maximum absolute atomic E-state index is 13.3. The molecule has 1 unspecified atom stereocenters. The number of aliphatic hydroxyl groups excluding tert-OH is 1. The lowest BCUT2D eigenvalue weighted by Crippen LogP contribution is -2.42. The number of rotatable bonds is 9. The fraction of sp³-hybridized carbons (Fsp3) is 0.429. The molecule has 2 aromatic rings. The number of carbonyl (C=O) groups is 2. The first-order valence-corrected chi connectivity index (χ1v) is 12.4. The normalized spacial score (nSPS) is 20.4. The average Bonchev–Trinajstić information content (AvgIpc) is 3.13. The SMILES string of the molecule is CCCCOc1cccc(C(O)=C2C(=O)C(=O)N(CCN3CCOCC3)C2c2ccc(C)cc2)c1. The summed E-state index contributed by atoms with van der Waals surface area (Å²) in [5, 5.41) is 11.3. The Hall–Kier alpha value is -3.16. The Morgan fingerprint density at radius 1 is 1.09 bits per heavy atom. The molecule has 0 aromatic heterocycles. The van der Waals surface area contributed by atoms with Crippen LogP contribution in [0.1, 0.15) is 42.5 Å². The summed E-state index contributed by atoms with van der Waals surface area (Å²) >= 11 is 0. The lowest BCUT2D eigenvalue weighted by Gasteiger charge is -2.31. The Morgan fingerprint density at radius 2 is 1.83 bits per heavy atom. The number of benzene rings is 2. The molecule has 7 nitrogen and oxygen atoms in total. The number of morpholine rings is 1. The van der Waals surface area contributed by atoms with Crippen LogP contribution in [0.5, 0.6) is 5.75 Å². The predicted molar refractivity (Wildman–Crippen MR) is 134 cm³/mol. The lowest BCUT2D eigenvalue weighted by atomic mass is 9.94. The van der Waals surface area contributed by atoms with E-state index in [-0.39, 0.29) is 11.3 Å². The molecule has 2 aliphatic rings. The molecule has 2 heterocycles. The number of aliphatic hydroxyl groups is 1. The van der Waals surface area contributed by atoms with Gasteiger partial charge in [-0.1, -0.05) is 55.3 Å². The van der Waals surface area contributed by atoms with Crippen LogP contribution in [0.3, 0.4) is 0 Å². The Balaban J connectivity index is 1.68. The highest BCUT2D eigenvalue weighted by molar-refractivity contribution is 6.46. The van der Waals surface area contributed by atoms with Gasteiger partial charge in [0.1, 0.15) is 11.5 Å². The van der Waals surface area contributed by atoms with Crippen molar-refractivity contribution in [1.29, 1.82) is 0 Å². The molecule has 2 aliphatic heterocycles. The van der Waals surface area contributed by atoms with Crippen molar-refractivity contribution in [3.05, 3.63) is 70.8 Å². The zero-order valence-electron chi connectivity index (χ0n) is 20.5. The van der Waals surface area contributed by atoms with Crippen LogP contribution in [0.4, 0.5) is 0 Å². The molecule has 186 valence electrons. The Labute approximate surface area is 206 Å². The van der Waals surface area contributed by atoms with E-state index in [0.29, 0.717) is 44.2 Å². The Morgan fingerprint density at radius 3 is 2.54 bits per heavy atom. The zero-order chi connectivity index (χ0) is 24.8. The van der Waals surface area contributed by atoms with Crippen LogP contribution in [-0.4, -0.2) is 72.6 Å². The van der Waals surface area contributed by atoms with Crippen molar-refractivity contribution in [1.82, 2.24) is 9.80 Å². The molecule has 1 atom stereocenters. The monoisotopic (exact) mass is 478 g/mol. The molecule has 0 bridgehead atoms. The number of aryl methyl sites for hydroxylation is 1. The van der Waals surface area contributed by atoms with Gasteiger partial charge < -0.3 is 19.5 Å². The smallest absolute Gasteiger partial charge is 0.295 e. The number of hydrogen-bond acceptors (Lipinski definition) is 6. The summed E-state index contributed by atoms with van der Waals surface area (Å²) in [7, 11) is 0. The number of ether oxygens (including phenoxy) is 2. The van der Waals surface area contributed by atoms with Crippen LogP contribution in [0.15, 0.2) is 54.1 Å². The van der Waals surface area contributed by atoms with Crippen molar-refractivity contribution in [2.75, 3.05) is 46.0 Å². The fourth-order valence-electron chi connectivity index (χ4n) is 4.50. The van der Waals surface area contributed by atoms with Crippen LogP contribution < -0.4 is 4.74 Å². The van der Waals surface area contributed by atoms with Gasteiger partial charge in [0.25, 0.3) is 11.7 Å². The summed E-state index contributed by atoms with van der Waals surface area (Å²) in [6, 6.07) is 14.2. The second-order valence-corrected chi connectivity index (χ2v) is 9.09. The predicted octanol–water partition coefficient (Wildman–Crippen LogP) is 3.93. The summed E-state index contributed by atoms with van der Waals surface area (Å²) in [6.45, 7) is 8.61. The van der Waals surface area contributed by atoms with Crippen molar-refractivity contribution in [2.45, 2.75) is 32.7 Å². The number of hydrogen-bond donors (Lipinski definition) is 1.